The lowest BCUT2D eigenvalue weighted by Gasteiger charge is -2.18. The zero-order valence-electron chi connectivity index (χ0n) is 11.8. The first-order chi connectivity index (χ1) is 9.60. The van der Waals surface area contributed by atoms with Crippen LogP contribution in [0.15, 0.2) is 24.3 Å². The van der Waals surface area contributed by atoms with E-state index in [1.165, 1.54) is 7.11 Å². The number of benzene rings is 1. The Morgan fingerprint density at radius 3 is 2.45 bits per heavy atom. The van der Waals surface area contributed by atoms with Crippen molar-refractivity contribution < 1.29 is 14.3 Å². The van der Waals surface area contributed by atoms with Crippen LogP contribution in [0.5, 0.6) is 0 Å². The molecule has 0 spiro atoms. The van der Waals surface area contributed by atoms with Crippen molar-refractivity contribution in [3.05, 3.63) is 34.9 Å². The normalized spacial score (nSPS) is 13.8. The Morgan fingerprint density at radius 1 is 1.30 bits per heavy atom. The van der Waals surface area contributed by atoms with Gasteiger partial charge in [-0.25, -0.2) is 0 Å². The van der Waals surface area contributed by atoms with E-state index in [1.807, 2.05) is 12.1 Å². The highest BCUT2D eigenvalue weighted by atomic mass is 35.5. The molecule has 0 bridgehead atoms. The number of carbonyl (C=O) groups excluding carboxylic acids is 1. The molecule has 0 saturated heterocycles. The highest BCUT2D eigenvalue weighted by Crippen LogP contribution is 2.18. The van der Waals surface area contributed by atoms with Crippen LogP contribution in [0.25, 0.3) is 0 Å². The molecule has 112 valence electrons. The standard InChI is InChI=1S/C14H21ClN2O3/c1-19-12(8-16)7-14(18)17-9-13(20-2)10-3-5-11(15)6-4-10/h3-6,12-13H,7-9,16H2,1-2H3,(H,17,18). The SMILES string of the molecule is COC(CN)CC(=O)NCC(OC)c1ccc(Cl)cc1. The maximum atomic E-state index is 11.8. The number of nitrogens with two attached hydrogens (primary N) is 1. The number of ether oxygens (including phenoxy) is 2. The molecule has 0 aromatic heterocycles. The molecule has 0 heterocycles. The highest BCUT2D eigenvalue weighted by molar-refractivity contribution is 6.30. The predicted octanol–water partition coefficient (Wildman–Crippen LogP) is 1.51. The van der Waals surface area contributed by atoms with Gasteiger partial charge in [-0.2, -0.15) is 0 Å². The van der Waals surface area contributed by atoms with Gasteiger partial charge in [-0.1, -0.05) is 23.7 Å². The zero-order chi connectivity index (χ0) is 15.0. The molecule has 1 aromatic rings. The number of hydrogen-bond acceptors (Lipinski definition) is 4. The van der Waals surface area contributed by atoms with Gasteiger partial charge in [0.25, 0.3) is 0 Å². The first-order valence-corrected chi connectivity index (χ1v) is 6.76. The van der Waals surface area contributed by atoms with E-state index in [1.54, 1.807) is 19.2 Å². The quantitative estimate of drug-likeness (QED) is 0.763. The molecule has 20 heavy (non-hydrogen) atoms. The molecule has 3 N–H and O–H groups in total. The zero-order valence-corrected chi connectivity index (χ0v) is 12.5. The summed E-state index contributed by atoms with van der Waals surface area (Å²) in [7, 11) is 3.14. The van der Waals surface area contributed by atoms with E-state index >= 15 is 0 Å². The maximum absolute atomic E-state index is 11.8. The van der Waals surface area contributed by atoms with Crippen molar-refractivity contribution in [2.75, 3.05) is 27.3 Å². The van der Waals surface area contributed by atoms with Crippen molar-refractivity contribution in [3.63, 3.8) is 0 Å². The number of amides is 1. The van der Waals surface area contributed by atoms with Gasteiger partial charge in [0.15, 0.2) is 0 Å². The molecular weight excluding hydrogens is 280 g/mol. The van der Waals surface area contributed by atoms with Crippen LogP contribution in [0.4, 0.5) is 0 Å². The van der Waals surface area contributed by atoms with Gasteiger partial charge in [-0.05, 0) is 17.7 Å². The second kappa shape index (κ2) is 8.92. The number of hydrogen-bond donors (Lipinski definition) is 2. The van der Waals surface area contributed by atoms with Crippen LogP contribution >= 0.6 is 11.6 Å². The van der Waals surface area contributed by atoms with E-state index in [4.69, 9.17) is 26.8 Å². The molecule has 0 fully saturated rings. The molecule has 2 atom stereocenters. The van der Waals surface area contributed by atoms with Gasteiger partial charge in [-0.15, -0.1) is 0 Å². The summed E-state index contributed by atoms with van der Waals surface area (Å²) in [5.41, 5.74) is 6.43. The second-order valence-electron chi connectivity index (χ2n) is 4.38. The van der Waals surface area contributed by atoms with Gasteiger partial charge < -0.3 is 20.5 Å². The Kier molecular flexibility index (Phi) is 7.54. The Morgan fingerprint density at radius 2 is 1.95 bits per heavy atom. The van der Waals surface area contributed by atoms with Crippen molar-refractivity contribution >= 4 is 17.5 Å². The molecule has 1 amide bonds. The Hall–Kier alpha value is -1.14. The Bertz CT molecular complexity index is 407. The number of nitrogens with one attached hydrogen (secondary N) is 1. The molecule has 0 saturated carbocycles. The fourth-order valence-electron chi connectivity index (χ4n) is 1.76. The van der Waals surface area contributed by atoms with Crippen LogP contribution in [0.2, 0.25) is 5.02 Å². The first-order valence-electron chi connectivity index (χ1n) is 6.38. The number of carbonyl (C=O) groups is 1. The summed E-state index contributed by atoms with van der Waals surface area (Å²) in [6, 6.07) is 7.33. The minimum Gasteiger partial charge on any atom is -0.380 e. The lowest BCUT2D eigenvalue weighted by molar-refractivity contribution is -0.123. The summed E-state index contributed by atoms with van der Waals surface area (Å²) in [6.07, 6.45) is -0.231. The predicted molar refractivity (Wildman–Crippen MR) is 78.7 cm³/mol. The van der Waals surface area contributed by atoms with Gasteiger partial charge in [0.2, 0.25) is 5.91 Å². The third-order valence-electron chi connectivity index (χ3n) is 3.02. The van der Waals surface area contributed by atoms with Crippen LogP contribution in [-0.4, -0.2) is 39.3 Å². The summed E-state index contributed by atoms with van der Waals surface area (Å²) in [5, 5.41) is 3.48. The number of halogens is 1. The molecule has 6 heteroatoms. The van der Waals surface area contributed by atoms with E-state index in [-0.39, 0.29) is 24.5 Å². The molecule has 0 aliphatic carbocycles. The molecule has 0 aliphatic rings. The maximum Gasteiger partial charge on any atom is 0.222 e. The van der Waals surface area contributed by atoms with Crippen LogP contribution in [-0.2, 0) is 14.3 Å². The van der Waals surface area contributed by atoms with Crippen molar-refractivity contribution in [2.45, 2.75) is 18.6 Å². The van der Waals surface area contributed by atoms with Crippen LogP contribution < -0.4 is 11.1 Å². The number of methoxy groups -OCH3 is 2. The van der Waals surface area contributed by atoms with E-state index < -0.39 is 0 Å². The molecular formula is C14H21ClN2O3. The fourth-order valence-corrected chi connectivity index (χ4v) is 1.89. The minimum atomic E-state index is -0.258. The highest BCUT2D eigenvalue weighted by Gasteiger charge is 2.15. The van der Waals surface area contributed by atoms with Crippen molar-refractivity contribution in [1.82, 2.24) is 5.32 Å². The molecule has 1 aromatic carbocycles. The molecule has 0 aliphatic heterocycles. The smallest absolute Gasteiger partial charge is 0.222 e. The van der Waals surface area contributed by atoms with E-state index in [2.05, 4.69) is 5.32 Å². The summed E-state index contributed by atoms with van der Waals surface area (Å²) >= 11 is 5.84. The van der Waals surface area contributed by atoms with E-state index in [0.29, 0.717) is 18.1 Å². The third-order valence-corrected chi connectivity index (χ3v) is 3.27. The molecule has 5 nitrogen and oxygen atoms in total. The first kappa shape index (κ1) is 16.9. The van der Waals surface area contributed by atoms with Gasteiger partial charge >= 0.3 is 0 Å². The lowest BCUT2D eigenvalue weighted by atomic mass is 10.1. The topological polar surface area (TPSA) is 73.6 Å². The van der Waals surface area contributed by atoms with E-state index in [0.717, 1.165) is 5.56 Å². The molecule has 0 radical (unpaired) electrons. The van der Waals surface area contributed by atoms with Crippen LogP contribution in [0.3, 0.4) is 0 Å². The second-order valence-corrected chi connectivity index (χ2v) is 4.81. The lowest BCUT2D eigenvalue weighted by Crippen LogP contribution is -2.34. The van der Waals surface area contributed by atoms with Crippen LogP contribution in [0, 0.1) is 0 Å². The van der Waals surface area contributed by atoms with Crippen molar-refractivity contribution in [2.24, 2.45) is 5.73 Å². The summed E-state index contributed by atoms with van der Waals surface area (Å²) in [5.74, 6) is -0.113. The summed E-state index contributed by atoms with van der Waals surface area (Å²) < 4.78 is 10.4. The van der Waals surface area contributed by atoms with E-state index in [9.17, 15) is 4.79 Å². The largest absolute Gasteiger partial charge is 0.380 e. The van der Waals surface area contributed by atoms with Gasteiger partial charge in [0.05, 0.1) is 18.6 Å². The van der Waals surface area contributed by atoms with Gasteiger partial charge in [0, 0.05) is 32.3 Å². The average Bonchev–Trinajstić information content (AvgIpc) is 2.47. The monoisotopic (exact) mass is 300 g/mol. The molecule has 1 rings (SSSR count). The Balaban J connectivity index is 2.49. The summed E-state index contributed by atoms with van der Waals surface area (Å²) in [6.45, 7) is 0.701. The third kappa shape index (κ3) is 5.46. The van der Waals surface area contributed by atoms with Crippen molar-refractivity contribution in [3.8, 4) is 0 Å². The van der Waals surface area contributed by atoms with Gasteiger partial charge in [0.1, 0.15) is 0 Å². The number of rotatable bonds is 8. The van der Waals surface area contributed by atoms with Gasteiger partial charge in [-0.3, -0.25) is 4.79 Å². The van der Waals surface area contributed by atoms with Crippen LogP contribution in [0.1, 0.15) is 18.1 Å². The average molecular weight is 301 g/mol. The minimum absolute atomic E-state index is 0.113. The summed E-state index contributed by atoms with van der Waals surface area (Å²) in [4.78, 5) is 11.8. The van der Waals surface area contributed by atoms with Crippen molar-refractivity contribution in [1.29, 1.82) is 0 Å². The fraction of sp³-hybridized carbons (Fsp3) is 0.500. The molecule has 2 unspecified atom stereocenters. The Labute approximate surface area is 124 Å².